The van der Waals surface area contributed by atoms with Crippen LogP contribution in [0.5, 0.6) is 23.0 Å². The molecule has 6 heteroatoms. The molecule has 0 saturated carbocycles. The standard InChI is InChI=1S/C22H20ClNO4/c1-3-27-20-14-15(13-19(23)21(20)26-2)22(25)24-16-9-11-18(12-10-16)28-17-7-5-4-6-8-17/h4-14H,3H2,1-2H3,(H,24,25). The number of nitrogens with one attached hydrogen (secondary N) is 1. The van der Waals surface area contributed by atoms with Gasteiger partial charge < -0.3 is 19.5 Å². The van der Waals surface area contributed by atoms with Gasteiger partial charge in [-0.05, 0) is 55.5 Å². The predicted octanol–water partition coefficient (Wildman–Crippen LogP) is 5.79. The van der Waals surface area contributed by atoms with E-state index in [0.29, 0.717) is 40.1 Å². The molecule has 0 aliphatic heterocycles. The summed E-state index contributed by atoms with van der Waals surface area (Å²) in [6, 6.07) is 19.7. The number of hydrogen-bond donors (Lipinski definition) is 1. The highest BCUT2D eigenvalue weighted by atomic mass is 35.5. The number of anilines is 1. The third-order valence-corrected chi connectivity index (χ3v) is 4.15. The van der Waals surface area contributed by atoms with Crippen molar-refractivity contribution in [1.82, 2.24) is 0 Å². The second-order valence-corrected chi connectivity index (χ2v) is 6.22. The minimum atomic E-state index is -0.303. The van der Waals surface area contributed by atoms with Crippen LogP contribution in [-0.2, 0) is 0 Å². The van der Waals surface area contributed by atoms with Crippen LogP contribution in [0.3, 0.4) is 0 Å². The van der Waals surface area contributed by atoms with E-state index in [-0.39, 0.29) is 5.91 Å². The van der Waals surface area contributed by atoms with Crippen LogP contribution in [0.2, 0.25) is 5.02 Å². The van der Waals surface area contributed by atoms with Crippen molar-refractivity contribution < 1.29 is 19.0 Å². The number of hydrogen-bond acceptors (Lipinski definition) is 4. The molecule has 1 N–H and O–H groups in total. The Morgan fingerprint density at radius 3 is 2.32 bits per heavy atom. The summed E-state index contributed by atoms with van der Waals surface area (Å²) >= 11 is 6.21. The summed E-state index contributed by atoms with van der Waals surface area (Å²) in [6.45, 7) is 2.28. The number of ether oxygens (including phenoxy) is 3. The predicted molar refractivity (Wildman–Crippen MR) is 110 cm³/mol. The first-order valence-corrected chi connectivity index (χ1v) is 9.13. The summed E-state index contributed by atoms with van der Waals surface area (Å²) in [4.78, 5) is 12.6. The van der Waals surface area contributed by atoms with Gasteiger partial charge in [-0.1, -0.05) is 29.8 Å². The average molecular weight is 398 g/mol. The zero-order chi connectivity index (χ0) is 19.9. The quantitative estimate of drug-likeness (QED) is 0.548. The minimum absolute atomic E-state index is 0.303. The molecule has 3 aromatic rings. The van der Waals surface area contributed by atoms with E-state index in [0.717, 1.165) is 5.75 Å². The Hall–Kier alpha value is -3.18. The first kappa shape index (κ1) is 19.6. The highest BCUT2D eigenvalue weighted by Crippen LogP contribution is 2.36. The lowest BCUT2D eigenvalue weighted by Crippen LogP contribution is -2.12. The fraction of sp³-hybridized carbons (Fsp3) is 0.136. The van der Waals surface area contributed by atoms with Crippen LogP contribution in [-0.4, -0.2) is 19.6 Å². The van der Waals surface area contributed by atoms with Crippen LogP contribution in [0, 0.1) is 0 Å². The first-order chi connectivity index (χ1) is 13.6. The van der Waals surface area contributed by atoms with Crippen molar-refractivity contribution in [3.05, 3.63) is 77.3 Å². The Labute approximate surface area is 168 Å². The SMILES string of the molecule is CCOc1cc(C(=O)Nc2ccc(Oc3ccccc3)cc2)cc(Cl)c1OC. The Kier molecular flexibility index (Phi) is 6.40. The molecule has 0 heterocycles. The van der Waals surface area contributed by atoms with Crippen LogP contribution in [0.15, 0.2) is 66.7 Å². The van der Waals surface area contributed by atoms with Gasteiger partial charge in [-0.3, -0.25) is 4.79 Å². The van der Waals surface area contributed by atoms with Crippen LogP contribution in [0.4, 0.5) is 5.69 Å². The maximum absolute atomic E-state index is 12.6. The minimum Gasteiger partial charge on any atom is -0.491 e. The molecule has 0 bridgehead atoms. The molecule has 3 rings (SSSR count). The molecule has 28 heavy (non-hydrogen) atoms. The molecule has 1 amide bonds. The topological polar surface area (TPSA) is 56.8 Å². The van der Waals surface area contributed by atoms with Gasteiger partial charge in [0.05, 0.1) is 18.7 Å². The summed E-state index contributed by atoms with van der Waals surface area (Å²) in [5.74, 6) is 1.95. The van der Waals surface area contributed by atoms with E-state index in [4.69, 9.17) is 25.8 Å². The normalized spacial score (nSPS) is 10.2. The lowest BCUT2D eigenvalue weighted by atomic mass is 10.1. The van der Waals surface area contributed by atoms with Crippen molar-refractivity contribution >= 4 is 23.2 Å². The van der Waals surface area contributed by atoms with E-state index in [1.54, 1.807) is 36.4 Å². The molecule has 0 spiro atoms. The van der Waals surface area contributed by atoms with Crippen molar-refractivity contribution in [1.29, 1.82) is 0 Å². The van der Waals surface area contributed by atoms with Crippen molar-refractivity contribution in [3.8, 4) is 23.0 Å². The second kappa shape index (κ2) is 9.15. The molecule has 0 aromatic heterocycles. The molecule has 0 saturated heterocycles. The molecule has 0 atom stereocenters. The number of amides is 1. The summed E-state index contributed by atoms with van der Waals surface area (Å²) in [7, 11) is 1.50. The Morgan fingerprint density at radius 2 is 1.68 bits per heavy atom. The Bertz CT molecular complexity index is 943. The van der Waals surface area contributed by atoms with Gasteiger partial charge in [0, 0.05) is 11.3 Å². The smallest absolute Gasteiger partial charge is 0.255 e. The van der Waals surface area contributed by atoms with E-state index in [2.05, 4.69) is 5.32 Å². The van der Waals surface area contributed by atoms with Crippen LogP contribution in [0.1, 0.15) is 17.3 Å². The van der Waals surface area contributed by atoms with Gasteiger partial charge in [0.1, 0.15) is 11.5 Å². The van der Waals surface area contributed by atoms with Crippen LogP contribution in [0.25, 0.3) is 0 Å². The molecular weight excluding hydrogens is 378 g/mol. The molecule has 0 unspecified atom stereocenters. The van der Waals surface area contributed by atoms with E-state index >= 15 is 0 Å². The molecule has 0 radical (unpaired) electrons. The Morgan fingerprint density at radius 1 is 1.00 bits per heavy atom. The van der Waals surface area contributed by atoms with Gasteiger partial charge in [-0.25, -0.2) is 0 Å². The molecule has 5 nitrogen and oxygen atoms in total. The summed E-state index contributed by atoms with van der Waals surface area (Å²) in [6.07, 6.45) is 0. The zero-order valence-electron chi connectivity index (χ0n) is 15.6. The van der Waals surface area contributed by atoms with Gasteiger partial charge in [0.25, 0.3) is 5.91 Å². The van der Waals surface area contributed by atoms with Gasteiger partial charge in [0.2, 0.25) is 0 Å². The maximum Gasteiger partial charge on any atom is 0.255 e. The van der Waals surface area contributed by atoms with Crippen LogP contribution < -0.4 is 19.5 Å². The number of halogens is 1. The molecular formula is C22H20ClNO4. The lowest BCUT2D eigenvalue weighted by Gasteiger charge is -2.13. The summed E-state index contributed by atoms with van der Waals surface area (Å²) in [5.41, 5.74) is 1.01. The molecule has 3 aromatic carbocycles. The maximum atomic E-state index is 12.6. The fourth-order valence-corrected chi connectivity index (χ4v) is 2.88. The zero-order valence-corrected chi connectivity index (χ0v) is 16.3. The third kappa shape index (κ3) is 4.75. The summed E-state index contributed by atoms with van der Waals surface area (Å²) in [5, 5.41) is 3.14. The number of para-hydroxylation sites is 1. The monoisotopic (exact) mass is 397 g/mol. The first-order valence-electron chi connectivity index (χ1n) is 8.75. The number of carbonyl (C=O) groups excluding carboxylic acids is 1. The van der Waals surface area contributed by atoms with Gasteiger partial charge in [-0.2, -0.15) is 0 Å². The molecule has 0 fully saturated rings. The molecule has 0 aliphatic carbocycles. The van der Waals surface area contributed by atoms with E-state index in [1.807, 2.05) is 37.3 Å². The highest BCUT2D eigenvalue weighted by Gasteiger charge is 2.16. The molecule has 0 aliphatic rings. The van der Waals surface area contributed by atoms with Gasteiger partial charge in [0.15, 0.2) is 11.5 Å². The lowest BCUT2D eigenvalue weighted by molar-refractivity contribution is 0.102. The average Bonchev–Trinajstić information content (AvgIpc) is 2.70. The number of methoxy groups -OCH3 is 1. The van der Waals surface area contributed by atoms with Crippen LogP contribution >= 0.6 is 11.6 Å². The largest absolute Gasteiger partial charge is 0.491 e. The third-order valence-electron chi connectivity index (χ3n) is 3.87. The Balaban J connectivity index is 1.72. The molecule has 144 valence electrons. The fourth-order valence-electron chi connectivity index (χ4n) is 2.59. The highest BCUT2D eigenvalue weighted by molar-refractivity contribution is 6.32. The van der Waals surface area contributed by atoms with E-state index in [1.165, 1.54) is 7.11 Å². The van der Waals surface area contributed by atoms with Crippen molar-refractivity contribution in [2.24, 2.45) is 0 Å². The number of benzene rings is 3. The van der Waals surface area contributed by atoms with Gasteiger partial charge >= 0.3 is 0 Å². The van der Waals surface area contributed by atoms with Crippen molar-refractivity contribution in [2.75, 3.05) is 19.0 Å². The van der Waals surface area contributed by atoms with Gasteiger partial charge in [-0.15, -0.1) is 0 Å². The second-order valence-electron chi connectivity index (χ2n) is 5.82. The summed E-state index contributed by atoms with van der Waals surface area (Å²) < 4.78 is 16.5. The van der Waals surface area contributed by atoms with Crippen molar-refractivity contribution in [3.63, 3.8) is 0 Å². The van der Waals surface area contributed by atoms with E-state index in [9.17, 15) is 4.79 Å². The number of carbonyl (C=O) groups is 1. The van der Waals surface area contributed by atoms with Crippen molar-refractivity contribution in [2.45, 2.75) is 6.92 Å². The number of rotatable bonds is 7. The van der Waals surface area contributed by atoms with E-state index < -0.39 is 0 Å².